The van der Waals surface area contributed by atoms with Crippen molar-refractivity contribution in [1.29, 1.82) is 0 Å². The van der Waals surface area contributed by atoms with Crippen molar-refractivity contribution in [3.05, 3.63) is 54.1 Å². The topological polar surface area (TPSA) is 114 Å². The summed E-state index contributed by atoms with van der Waals surface area (Å²) in [5.74, 6) is -0.591. The van der Waals surface area contributed by atoms with E-state index in [2.05, 4.69) is 4.98 Å². The van der Waals surface area contributed by atoms with Gasteiger partial charge in [0.25, 0.3) is 16.0 Å². The molecule has 1 aromatic heterocycles. The Morgan fingerprint density at radius 3 is 2.65 bits per heavy atom. The van der Waals surface area contributed by atoms with E-state index in [9.17, 15) is 13.2 Å². The van der Waals surface area contributed by atoms with Crippen LogP contribution in [0.3, 0.4) is 0 Å². The summed E-state index contributed by atoms with van der Waals surface area (Å²) in [6, 6.07) is 9.73. The van der Waals surface area contributed by atoms with Gasteiger partial charge in [-0.3, -0.25) is 8.98 Å². The lowest BCUT2D eigenvalue weighted by molar-refractivity contribution is 0.0204. The minimum Gasteiger partial charge on any atom is -0.372 e. The summed E-state index contributed by atoms with van der Waals surface area (Å²) in [7, 11) is -3.45. The van der Waals surface area contributed by atoms with E-state index in [0.717, 1.165) is 11.8 Å². The average Bonchev–Trinajstić information content (AvgIpc) is 3.05. The lowest BCUT2D eigenvalue weighted by atomic mass is 10.2. The standard InChI is InChI=1S/C17H23N3O5S/c1-26(22,23)25-9-5-8-15(24-12-14-6-3-2-4-7-14)10-20-11-16(17(18)21)19-13-20/h2-4,6-7,11,13,15H,5,8-10,12H2,1H3,(H2,18,21). The van der Waals surface area contributed by atoms with Gasteiger partial charge < -0.3 is 15.0 Å². The monoisotopic (exact) mass is 381 g/mol. The first-order chi connectivity index (χ1) is 12.3. The minimum absolute atomic E-state index is 0.0977. The molecule has 2 N–H and O–H groups in total. The van der Waals surface area contributed by atoms with Gasteiger partial charge in [0, 0.05) is 12.7 Å². The second-order valence-corrected chi connectivity index (χ2v) is 7.55. The van der Waals surface area contributed by atoms with Gasteiger partial charge in [-0.25, -0.2) is 4.98 Å². The van der Waals surface area contributed by atoms with Crippen LogP contribution in [0, 0.1) is 0 Å². The van der Waals surface area contributed by atoms with Crippen molar-refractivity contribution >= 4 is 16.0 Å². The highest BCUT2D eigenvalue weighted by Gasteiger charge is 2.13. The molecule has 1 heterocycles. The molecule has 0 fully saturated rings. The Labute approximate surface area is 153 Å². The van der Waals surface area contributed by atoms with Crippen LogP contribution < -0.4 is 5.73 Å². The number of aromatic nitrogens is 2. The maximum atomic E-state index is 11.2. The highest BCUT2D eigenvalue weighted by atomic mass is 32.2. The Kier molecular flexibility index (Phi) is 7.31. The Bertz CT molecular complexity index is 805. The van der Waals surface area contributed by atoms with Gasteiger partial charge in [0.1, 0.15) is 5.69 Å². The first-order valence-electron chi connectivity index (χ1n) is 8.15. The molecule has 1 amide bonds. The Hall–Kier alpha value is -2.23. The van der Waals surface area contributed by atoms with Gasteiger partial charge >= 0.3 is 0 Å². The Morgan fingerprint density at radius 1 is 1.31 bits per heavy atom. The molecular formula is C17H23N3O5S. The third-order valence-corrected chi connectivity index (χ3v) is 4.19. The number of benzene rings is 1. The van der Waals surface area contributed by atoms with Gasteiger partial charge in [-0.2, -0.15) is 8.42 Å². The predicted molar refractivity (Wildman–Crippen MR) is 95.8 cm³/mol. The first-order valence-corrected chi connectivity index (χ1v) is 9.96. The lowest BCUT2D eigenvalue weighted by Crippen LogP contribution is -2.21. The number of amides is 1. The summed E-state index contributed by atoms with van der Waals surface area (Å²) in [4.78, 5) is 15.1. The maximum absolute atomic E-state index is 11.2. The fourth-order valence-electron chi connectivity index (χ4n) is 2.36. The molecule has 0 saturated heterocycles. The molecule has 8 nitrogen and oxygen atoms in total. The van der Waals surface area contributed by atoms with Crippen LogP contribution in [-0.4, -0.2) is 42.8 Å². The van der Waals surface area contributed by atoms with Gasteiger partial charge in [0.15, 0.2) is 0 Å². The van der Waals surface area contributed by atoms with Crippen LogP contribution in [0.5, 0.6) is 0 Å². The summed E-state index contributed by atoms with van der Waals surface area (Å²) < 4.78 is 34.5. The molecule has 1 unspecified atom stereocenters. The third-order valence-electron chi connectivity index (χ3n) is 3.60. The normalized spacial score (nSPS) is 12.8. The maximum Gasteiger partial charge on any atom is 0.268 e. The van der Waals surface area contributed by atoms with Crippen LogP contribution in [0.1, 0.15) is 28.9 Å². The Balaban J connectivity index is 1.93. The van der Waals surface area contributed by atoms with Crippen LogP contribution in [-0.2, 0) is 32.2 Å². The first kappa shape index (κ1) is 20.1. The van der Waals surface area contributed by atoms with Gasteiger partial charge in [0.2, 0.25) is 0 Å². The second-order valence-electron chi connectivity index (χ2n) is 5.91. The van der Waals surface area contributed by atoms with Crippen LogP contribution in [0.2, 0.25) is 0 Å². The van der Waals surface area contributed by atoms with Crippen LogP contribution in [0.4, 0.5) is 0 Å². The summed E-state index contributed by atoms with van der Waals surface area (Å²) in [5, 5.41) is 0. The van der Waals surface area contributed by atoms with E-state index in [0.29, 0.717) is 26.0 Å². The van der Waals surface area contributed by atoms with Crippen molar-refractivity contribution in [2.75, 3.05) is 12.9 Å². The van der Waals surface area contributed by atoms with Gasteiger partial charge in [-0.15, -0.1) is 0 Å². The van der Waals surface area contributed by atoms with Gasteiger partial charge in [-0.1, -0.05) is 30.3 Å². The zero-order chi connectivity index (χ0) is 19.0. The number of hydrogen-bond donors (Lipinski definition) is 1. The van der Waals surface area contributed by atoms with Crippen molar-refractivity contribution in [2.45, 2.75) is 32.1 Å². The van der Waals surface area contributed by atoms with E-state index in [4.69, 9.17) is 14.7 Å². The molecule has 9 heteroatoms. The molecule has 0 aliphatic heterocycles. The van der Waals surface area contributed by atoms with Crippen molar-refractivity contribution in [2.24, 2.45) is 5.73 Å². The van der Waals surface area contributed by atoms with Crippen molar-refractivity contribution in [3.8, 4) is 0 Å². The minimum atomic E-state index is -3.45. The average molecular weight is 381 g/mol. The van der Waals surface area contributed by atoms with Crippen LogP contribution >= 0.6 is 0 Å². The summed E-state index contributed by atoms with van der Waals surface area (Å²) >= 11 is 0. The van der Waals surface area contributed by atoms with E-state index in [1.807, 2.05) is 30.3 Å². The smallest absolute Gasteiger partial charge is 0.268 e. The Morgan fingerprint density at radius 2 is 2.04 bits per heavy atom. The number of nitrogens with zero attached hydrogens (tertiary/aromatic N) is 2. The number of imidazole rings is 1. The summed E-state index contributed by atoms with van der Waals surface area (Å²) in [5.41, 5.74) is 6.43. The summed E-state index contributed by atoms with van der Waals surface area (Å²) in [6.07, 6.45) is 5.01. The summed E-state index contributed by atoms with van der Waals surface area (Å²) in [6.45, 7) is 0.988. The molecule has 1 aromatic carbocycles. The predicted octanol–water partition coefficient (Wildman–Crippen LogP) is 1.32. The third kappa shape index (κ3) is 7.34. The molecule has 1 atom stereocenters. The number of nitrogens with two attached hydrogens (primary N) is 1. The molecule has 0 saturated carbocycles. The number of carbonyl (C=O) groups excluding carboxylic acids is 1. The fraction of sp³-hybridized carbons (Fsp3) is 0.412. The van der Waals surface area contributed by atoms with E-state index >= 15 is 0 Å². The van der Waals surface area contributed by atoms with Gasteiger partial charge in [-0.05, 0) is 18.4 Å². The van der Waals surface area contributed by atoms with Crippen molar-refractivity contribution in [1.82, 2.24) is 9.55 Å². The molecule has 26 heavy (non-hydrogen) atoms. The van der Waals surface area contributed by atoms with Crippen LogP contribution in [0.15, 0.2) is 42.9 Å². The molecule has 0 spiro atoms. The highest BCUT2D eigenvalue weighted by molar-refractivity contribution is 7.85. The van der Waals surface area contributed by atoms with E-state index in [1.165, 1.54) is 6.33 Å². The zero-order valence-corrected chi connectivity index (χ0v) is 15.4. The molecule has 2 rings (SSSR count). The number of ether oxygens (including phenoxy) is 1. The largest absolute Gasteiger partial charge is 0.372 e. The SMILES string of the molecule is CS(=O)(=O)OCCCC(Cn1cnc(C(N)=O)c1)OCc1ccccc1. The lowest BCUT2D eigenvalue weighted by Gasteiger charge is -2.18. The van der Waals surface area contributed by atoms with E-state index in [1.54, 1.807) is 10.8 Å². The number of carbonyl (C=O) groups is 1. The molecule has 142 valence electrons. The molecule has 0 aliphatic carbocycles. The molecule has 2 aromatic rings. The van der Waals surface area contributed by atoms with Gasteiger partial charge in [0.05, 0.1) is 31.9 Å². The molecular weight excluding hydrogens is 358 g/mol. The number of primary amides is 1. The molecule has 0 bridgehead atoms. The van der Waals surface area contributed by atoms with E-state index in [-0.39, 0.29) is 18.4 Å². The highest BCUT2D eigenvalue weighted by Crippen LogP contribution is 2.11. The van der Waals surface area contributed by atoms with E-state index < -0.39 is 16.0 Å². The molecule has 0 radical (unpaired) electrons. The quantitative estimate of drug-likeness (QED) is 0.464. The van der Waals surface area contributed by atoms with Crippen LogP contribution in [0.25, 0.3) is 0 Å². The zero-order valence-electron chi connectivity index (χ0n) is 14.6. The molecule has 0 aliphatic rings. The second kappa shape index (κ2) is 9.46. The van der Waals surface area contributed by atoms with Crippen molar-refractivity contribution < 1.29 is 22.1 Å². The number of rotatable bonds is 11. The number of hydrogen-bond acceptors (Lipinski definition) is 6. The fourth-order valence-corrected chi connectivity index (χ4v) is 2.78. The van der Waals surface area contributed by atoms with Crippen molar-refractivity contribution in [3.63, 3.8) is 0 Å².